The second-order valence-electron chi connectivity index (χ2n) is 7.68. The summed E-state index contributed by atoms with van der Waals surface area (Å²) >= 11 is 1.88. The lowest BCUT2D eigenvalue weighted by Gasteiger charge is -2.37. The van der Waals surface area contributed by atoms with Crippen molar-refractivity contribution in [1.82, 2.24) is 5.32 Å². The zero-order valence-electron chi connectivity index (χ0n) is 13.6. The Labute approximate surface area is 129 Å². The third-order valence-corrected chi connectivity index (χ3v) is 5.81. The topological polar surface area (TPSA) is 12.0 Å². The van der Waals surface area contributed by atoms with Crippen LogP contribution in [0, 0.1) is 17.3 Å². The average Bonchev–Trinajstić information content (AvgIpc) is 2.88. The van der Waals surface area contributed by atoms with Gasteiger partial charge in [0.25, 0.3) is 0 Å². The van der Waals surface area contributed by atoms with Gasteiger partial charge in [-0.2, -0.15) is 0 Å². The summed E-state index contributed by atoms with van der Waals surface area (Å²) in [4.78, 5) is 1.50. The van der Waals surface area contributed by atoms with E-state index in [1.54, 1.807) is 0 Å². The summed E-state index contributed by atoms with van der Waals surface area (Å²) in [6, 6.07) is 5.01. The van der Waals surface area contributed by atoms with Crippen LogP contribution in [0.2, 0.25) is 0 Å². The van der Waals surface area contributed by atoms with Gasteiger partial charge in [0.1, 0.15) is 0 Å². The molecule has 20 heavy (non-hydrogen) atoms. The third kappa shape index (κ3) is 4.89. The molecule has 0 bridgehead atoms. The van der Waals surface area contributed by atoms with Crippen LogP contribution in [0.25, 0.3) is 0 Å². The maximum Gasteiger partial charge on any atom is 0.00871 e. The van der Waals surface area contributed by atoms with Gasteiger partial charge in [0.05, 0.1) is 0 Å². The molecule has 2 heteroatoms. The highest BCUT2D eigenvalue weighted by atomic mass is 32.1. The number of hydrogen-bond donors (Lipinski definition) is 1. The Morgan fingerprint density at radius 1 is 1.25 bits per heavy atom. The van der Waals surface area contributed by atoms with Crippen LogP contribution in [-0.4, -0.2) is 12.6 Å². The molecule has 1 aliphatic carbocycles. The number of hydrogen-bond acceptors (Lipinski definition) is 2. The predicted octanol–water partition coefficient (Wildman–Crippen LogP) is 5.12. The van der Waals surface area contributed by atoms with Gasteiger partial charge in [-0.25, -0.2) is 0 Å². The fraction of sp³-hybridized carbons (Fsp3) is 0.778. The molecule has 1 unspecified atom stereocenters. The van der Waals surface area contributed by atoms with Crippen molar-refractivity contribution in [2.45, 2.75) is 65.8 Å². The smallest absolute Gasteiger partial charge is 0.00871 e. The summed E-state index contributed by atoms with van der Waals surface area (Å²) in [7, 11) is 0. The predicted molar refractivity (Wildman–Crippen MR) is 90.4 cm³/mol. The minimum absolute atomic E-state index is 0.505. The van der Waals surface area contributed by atoms with E-state index in [4.69, 9.17) is 0 Å². The largest absolute Gasteiger partial charge is 0.314 e. The summed E-state index contributed by atoms with van der Waals surface area (Å²) < 4.78 is 0. The molecule has 0 amide bonds. The molecular weight excluding hydrogens is 262 g/mol. The van der Waals surface area contributed by atoms with E-state index in [9.17, 15) is 0 Å². The molecule has 0 aromatic carbocycles. The van der Waals surface area contributed by atoms with E-state index in [1.807, 2.05) is 11.3 Å². The molecule has 1 atom stereocenters. The highest BCUT2D eigenvalue weighted by molar-refractivity contribution is 7.09. The Morgan fingerprint density at radius 3 is 2.50 bits per heavy atom. The van der Waals surface area contributed by atoms with Crippen molar-refractivity contribution in [1.29, 1.82) is 0 Å². The van der Waals surface area contributed by atoms with Gasteiger partial charge in [-0.15, -0.1) is 11.3 Å². The fourth-order valence-electron chi connectivity index (χ4n) is 3.40. The van der Waals surface area contributed by atoms with Crippen LogP contribution in [0.4, 0.5) is 0 Å². The number of nitrogens with one attached hydrogen (secondary N) is 1. The van der Waals surface area contributed by atoms with Crippen molar-refractivity contribution in [2.24, 2.45) is 17.3 Å². The molecule has 0 saturated heterocycles. The molecule has 0 aliphatic heterocycles. The van der Waals surface area contributed by atoms with Gasteiger partial charge in [0, 0.05) is 10.9 Å². The van der Waals surface area contributed by atoms with E-state index in [0.717, 1.165) is 11.8 Å². The van der Waals surface area contributed by atoms with E-state index in [2.05, 4.69) is 50.5 Å². The van der Waals surface area contributed by atoms with Gasteiger partial charge in [-0.05, 0) is 74.3 Å². The average molecular weight is 294 g/mol. The maximum atomic E-state index is 3.75. The van der Waals surface area contributed by atoms with Gasteiger partial charge in [0.2, 0.25) is 0 Å². The van der Waals surface area contributed by atoms with Crippen LogP contribution in [0.3, 0.4) is 0 Å². The first-order valence-corrected chi connectivity index (χ1v) is 9.09. The summed E-state index contributed by atoms with van der Waals surface area (Å²) in [6.45, 7) is 10.7. The minimum Gasteiger partial charge on any atom is -0.314 e. The summed E-state index contributed by atoms with van der Waals surface area (Å²) in [5, 5.41) is 5.93. The SMILES string of the molecule is CC(Cc1cccs1)NCC1CCC(C(C)(C)C)CC1. The maximum absolute atomic E-state index is 3.75. The number of thiophene rings is 1. The van der Waals surface area contributed by atoms with Gasteiger partial charge in [-0.1, -0.05) is 26.8 Å². The Morgan fingerprint density at radius 2 is 1.95 bits per heavy atom. The molecule has 1 aliphatic rings. The van der Waals surface area contributed by atoms with Crippen LogP contribution in [-0.2, 0) is 6.42 Å². The van der Waals surface area contributed by atoms with E-state index < -0.39 is 0 Å². The molecule has 1 fully saturated rings. The molecule has 0 radical (unpaired) electrons. The standard InChI is InChI=1S/C18H31NS/c1-14(12-17-6-5-11-20-17)19-13-15-7-9-16(10-8-15)18(2,3)4/h5-6,11,14-16,19H,7-10,12-13H2,1-4H3. The van der Waals surface area contributed by atoms with E-state index >= 15 is 0 Å². The van der Waals surface area contributed by atoms with Crippen LogP contribution in [0.1, 0.15) is 58.3 Å². The summed E-state index contributed by atoms with van der Waals surface area (Å²) in [5.41, 5.74) is 0.505. The van der Waals surface area contributed by atoms with Crippen LogP contribution in [0.15, 0.2) is 17.5 Å². The van der Waals surface area contributed by atoms with E-state index in [-0.39, 0.29) is 0 Å². The van der Waals surface area contributed by atoms with Gasteiger partial charge in [0.15, 0.2) is 0 Å². The molecular formula is C18H31NS. The lowest BCUT2D eigenvalue weighted by molar-refractivity contribution is 0.148. The Kier molecular flexibility index (Phi) is 5.68. The fourth-order valence-corrected chi connectivity index (χ4v) is 4.24. The lowest BCUT2D eigenvalue weighted by Crippen LogP contribution is -2.35. The lowest BCUT2D eigenvalue weighted by atomic mass is 9.70. The van der Waals surface area contributed by atoms with E-state index in [0.29, 0.717) is 11.5 Å². The molecule has 114 valence electrons. The first-order chi connectivity index (χ1) is 9.45. The molecule has 1 heterocycles. The van der Waals surface area contributed by atoms with E-state index in [1.165, 1.54) is 43.5 Å². The Hall–Kier alpha value is -0.340. The Balaban J connectivity index is 1.66. The zero-order chi connectivity index (χ0) is 14.6. The second-order valence-corrected chi connectivity index (χ2v) is 8.71. The normalized spacial score (nSPS) is 25.6. The Bertz CT molecular complexity index is 369. The van der Waals surface area contributed by atoms with Crippen molar-refractivity contribution in [3.63, 3.8) is 0 Å². The van der Waals surface area contributed by atoms with Crippen molar-refractivity contribution >= 4 is 11.3 Å². The number of rotatable bonds is 5. The highest BCUT2D eigenvalue weighted by Gasteiger charge is 2.29. The summed E-state index contributed by atoms with van der Waals surface area (Å²) in [5.74, 6) is 1.83. The molecule has 1 saturated carbocycles. The molecule has 1 nitrogen and oxygen atoms in total. The first kappa shape index (κ1) is 16.0. The van der Waals surface area contributed by atoms with Crippen LogP contribution >= 0.6 is 11.3 Å². The highest BCUT2D eigenvalue weighted by Crippen LogP contribution is 2.39. The first-order valence-electron chi connectivity index (χ1n) is 8.21. The quantitative estimate of drug-likeness (QED) is 0.794. The van der Waals surface area contributed by atoms with Crippen molar-refractivity contribution in [3.8, 4) is 0 Å². The van der Waals surface area contributed by atoms with Crippen LogP contribution < -0.4 is 5.32 Å². The van der Waals surface area contributed by atoms with Crippen LogP contribution in [0.5, 0.6) is 0 Å². The molecule has 2 rings (SSSR count). The van der Waals surface area contributed by atoms with Crippen molar-refractivity contribution in [3.05, 3.63) is 22.4 Å². The molecule has 1 N–H and O–H groups in total. The third-order valence-electron chi connectivity index (χ3n) is 4.91. The second kappa shape index (κ2) is 7.09. The van der Waals surface area contributed by atoms with Gasteiger partial charge < -0.3 is 5.32 Å². The molecule has 1 aromatic heterocycles. The molecule has 0 spiro atoms. The minimum atomic E-state index is 0.505. The monoisotopic (exact) mass is 293 g/mol. The zero-order valence-corrected chi connectivity index (χ0v) is 14.4. The van der Waals surface area contributed by atoms with Gasteiger partial charge in [-0.3, -0.25) is 0 Å². The van der Waals surface area contributed by atoms with Crippen molar-refractivity contribution < 1.29 is 0 Å². The van der Waals surface area contributed by atoms with Crippen molar-refractivity contribution in [2.75, 3.05) is 6.54 Å². The van der Waals surface area contributed by atoms with Gasteiger partial charge >= 0.3 is 0 Å². The molecule has 1 aromatic rings. The summed E-state index contributed by atoms with van der Waals surface area (Å²) in [6.07, 6.45) is 6.86.